The first-order chi connectivity index (χ1) is 6.15. The van der Waals surface area contributed by atoms with E-state index in [0.29, 0.717) is 5.92 Å². The van der Waals surface area contributed by atoms with E-state index in [9.17, 15) is 0 Å². The number of hydrogen-bond donors (Lipinski definition) is 0. The molecule has 0 radical (unpaired) electrons. The molecule has 0 bridgehead atoms. The van der Waals surface area contributed by atoms with Crippen LogP contribution in [0.4, 0.5) is 0 Å². The van der Waals surface area contributed by atoms with Crippen LogP contribution in [0.3, 0.4) is 0 Å². The fraction of sp³-hybridized carbons (Fsp3) is 0.333. The third-order valence-electron chi connectivity index (χ3n) is 1.57. The van der Waals surface area contributed by atoms with Crippen molar-refractivity contribution < 1.29 is 4.74 Å². The van der Waals surface area contributed by atoms with Crippen LogP contribution in [-0.4, -0.2) is 7.11 Å². The molecule has 0 saturated heterocycles. The smallest absolute Gasteiger partial charge is 0.125 e. The summed E-state index contributed by atoms with van der Waals surface area (Å²) in [6, 6.07) is 0. The maximum absolute atomic E-state index is 5.12. The average Bonchev–Trinajstić information content (AvgIpc) is 2.11. The second-order valence-electron chi connectivity index (χ2n) is 3.04. The molecular weight excluding hydrogens is 160 g/mol. The molecule has 0 unspecified atom stereocenters. The van der Waals surface area contributed by atoms with Crippen LogP contribution < -0.4 is 0 Å². The van der Waals surface area contributed by atoms with Gasteiger partial charge in [-0.15, -0.1) is 0 Å². The second kappa shape index (κ2) is 6.30. The van der Waals surface area contributed by atoms with Gasteiger partial charge in [-0.25, -0.2) is 0 Å². The molecule has 0 aliphatic rings. The zero-order valence-corrected chi connectivity index (χ0v) is 8.71. The summed E-state index contributed by atoms with van der Waals surface area (Å²) in [6.07, 6.45) is 7.54. The molecule has 0 fully saturated rings. The van der Waals surface area contributed by atoms with Gasteiger partial charge in [0.25, 0.3) is 0 Å². The predicted octanol–water partition coefficient (Wildman–Crippen LogP) is 3.47. The Kier molecular flexibility index (Phi) is 5.69. The van der Waals surface area contributed by atoms with E-state index in [1.165, 1.54) is 0 Å². The molecule has 0 heterocycles. The lowest BCUT2D eigenvalue weighted by molar-refractivity contribution is 0.305. The van der Waals surface area contributed by atoms with E-state index in [1.54, 1.807) is 19.3 Å². The molecule has 0 saturated carbocycles. The van der Waals surface area contributed by atoms with E-state index in [-0.39, 0.29) is 0 Å². The lowest BCUT2D eigenvalue weighted by atomic mass is 10.1. The van der Waals surface area contributed by atoms with Crippen molar-refractivity contribution in [3.63, 3.8) is 0 Å². The van der Waals surface area contributed by atoms with Gasteiger partial charge in [-0.3, -0.25) is 0 Å². The molecule has 0 spiro atoms. The van der Waals surface area contributed by atoms with Gasteiger partial charge in [0.1, 0.15) is 5.76 Å². The molecular formula is C12H18O. The fourth-order valence-corrected chi connectivity index (χ4v) is 0.866. The van der Waals surface area contributed by atoms with E-state index in [1.807, 2.05) is 6.08 Å². The van der Waals surface area contributed by atoms with Gasteiger partial charge in [-0.05, 0) is 12.0 Å². The van der Waals surface area contributed by atoms with Crippen molar-refractivity contribution >= 4 is 0 Å². The lowest BCUT2D eigenvalue weighted by Crippen LogP contribution is -1.87. The molecule has 0 aromatic rings. The van der Waals surface area contributed by atoms with E-state index >= 15 is 0 Å². The standard InChI is InChI=1S/C12H18O/c1-6-11(9-8-10(3)4)12(7-2)13-5/h6-10H,1-2H2,3-5H3/b9-8+,12-11-. The lowest BCUT2D eigenvalue weighted by Gasteiger charge is -2.03. The Morgan fingerprint density at radius 2 is 1.85 bits per heavy atom. The Morgan fingerprint density at radius 1 is 1.23 bits per heavy atom. The fourth-order valence-electron chi connectivity index (χ4n) is 0.866. The van der Waals surface area contributed by atoms with Crippen molar-refractivity contribution in [3.05, 3.63) is 48.8 Å². The summed E-state index contributed by atoms with van der Waals surface area (Å²) in [6.45, 7) is 11.6. The third kappa shape index (κ3) is 4.36. The molecule has 0 amide bonds. The summed E-state index contributed by atoms with van der Waals surface area (Å²) in [5, 5.41) is 0. The van der Waals surface area contributed by atoms with Crippen molar-refractivity contribution in [2.24, 2.45) is 5.92 Å². The zero-order valence-electron chi connectivity index (χ0n) is 8.71. The summed E-state index contributed by atoms with van der Waals surface area (Å²) in [5.41, 5.74) is 0.964. The van der Waals surface area contributed by atoms with Crippen LogP contribution in [0.2, 0.25) is 0 Å². The third-order valence-corrected chi connectivity index (χ3v) is 1.57. The van der Waals surface area contributed by atoms with Crippen molar-refractivity contribution in [2.45, 2.75) is 13.8 Å². The predicted molar refractivity (Wildman–Crippen MR) is 58.4 cm³/mol. The van der Waals surface area contributed by atoms with Gasteiger partial charge < -0.3 is 4.74 Å². The highest BCUT2D eigenvalue weighted by atomic mass is 16.5. The first kappa shape index (κ1) is 11.8. The highest BCUT2D eigenvalue weighted by Gasteiger charge is 1.95. The van der Waals surface area contributed by atoms with E-state index < -0.39 is 0 Å². The normalized spacial score (nSPS) is 12.9. The van der Waals surface area contributed by atoms with Crippen molar-refractivity contribution in [1.29, 1.82) is 0 Å². The minimum absolute atomic E-state index is 0.526. The number of allylic oxidation sites excluding steroid dienone is 5. The van der Waals surface area contributed by atoms with Crippen LogP contribution in [0.25, 0.3) is 0 Å². The van der Waals surface area contributed by atoms with E-state index in [2.05, 4.69) is 33.1 Å². The van der Waals surface area contributed by atoms with Gasteiger partial charge in [0, 0.05) is 5.57 Å². The minimum Gasteiger partial charge on any atom is -0.496 e. The Morgan fingerprint density at radius 3 is 2.15 bits per heavy atom. The Bertz CT molecular complexity index is 232. The molecule has 0 atom stereocenters. The first-order valence-corrected chi connectivity index (χ1v) is 4.37. The van der Waals surface area contributed by atoms with Gasteiger partial charge in [0.2, 0.25) is 0 Å². The number of hydrogen-bond acceptors (Lipinski definition) is 1. The maximum atomic E-state index is 5.12. The molecule has 0 aliphatic heterocycles. The molecule has 0 rings (SSSR count). The van der Waals surface area contributed by atoms with Gasteiger partial charge in [-0.2, -0.15) is 0 Å². The van der Waals surface area contributed by atoms with Gasteiger partial charge >= 0.3 is 0 Å². The summed E-state index contributed by atoms with van der Waals surface area (Å²) in [5.74, 6) is 1.28. The van der Waals surface area contributed by atoms with Crippen molar-refractivity contribution in [2.75, 3.05) is 7.11 Å². The quantitative estimate of drug-likeness (QED) is 0.462. The summed E-state index contributed by atoms with van der Waals surface area (Å²) < 4.78 is 5.12. The van der Waals surface area contributed by atoms with Gasteiger partial charge in [0.05, 0.1) is 7.11 Å². The van der Waals surface area contributed by atoms with Gasteiger partial charge in [0.15, 0.2) is 0 Å². The van der Waals surface area contributed by atoms with Crippen LogP contribution in [0, 0.1) is 5.92 Å². The molecule has 1 heteroatoms. The zero-order chi connectivity index (χ0) is 10.3. The SMILES string of the molecule is C=CC(/C=C/C(C)C)=C(\C=C)OC. The second-order valence-corrected chi connectivity index (χ2v) is 3.04. The maximum Gasteiger partial charge on any atom is 0.125 e. The molecule has 1 nitrogen and oxygen atoms in total. The van der Waals surface area contributed by atoms with Crippen LogP contribution in [-0.2, 0) is 4.74 Å². The topological polar surface area (TPSA) is 9.23 Å². The monoisotopic (exact) mass is 178 g/mol. The highest BCUT2D eigenvalue weighted by Crippen LogP contribution is 2.10. The summed E-state index contributed by atoms with van der Waals surface area (Å²) in [7, 11) is 1.63. The van der Waals surface area contributed by atoms with Gasteiger partial charge in [-0.1, -0.05) is 45.2 Å². The molecule has 13 heavy (non-hydrogen) atoms. The van der Waals surface area contributed by atoms with Crippen LogP contribution in [0.1, 0.15) is 13.8 Å². The number of ether oxygens (including phenoxy) is 1. The van der Waals surface area contributed by atoms with E-state index in [0.717, 1.165) is 11.3 Å². The van der Waals surface area contributed by atoms with Crippen molar-refractivity contribution in [3.8, 4) is 0 Å². The molecule has 0 aromatic heterocycles. The number of rotatable bonds is 5. The summed E-state index contributed by atoms with van der Waals surface area (Å²) >= 11 is 0. The first-order valence-electron chi connectivity index (χ1n) is 4.37. The number of methoxy groups -OCH3 is 1. The Hall–Kier alpha value is -1.24. The highest BCUT2D eigenvalue weighted by molar-refractivity contribution is 5.36. The molecule has 0 aromatic carbocycles. The molecule has 0 aliphatic carbocycles. The van der Waals surface area contributed by atoms with Crippen molar-refractivity contribution in [1.82, 2.24) is 0 Å². The minimum atomic E-state index is 0.526. The largest absolute Gasteiger partial charge is 0.496 e. The van der Waals surface area contributed by atoms with E-state index in [4.69, 9.17) is 4.74 Å². The molecule has 72 valence electrons. The van der Waals surface area contributed by atoms with Crippen LogP contribution in [0.15, 0.2) is 48.8 Å². The average molecular weight is 178 g/mol. The molecule has 0 N–H and O–H groups in total. The summed E-state index contributed by atoms with van der Waals surface area (Å²) in [4.78, 5) is 0. The van der Waals surface area contributed by atoms with Crippen LogP contribution in [0.5, 0.6) is 0 Å². The van der Waals surface area contributed by atoms with Crippen LogP contribution >= 0.6 is 0 Å². The Labute approximate surface area is 81.1 Å². The Balaban J connectivity index is 4.75.